The van der Waals surface area contributed by atoms with Crippen LogP contribution in [0, 0.1) is 5.92 Å². The zero-order valence-electron chi connectivity index (χ0n) is 33.6. The van der Waals surface area contributed by atoms with E-state index in [1.165, 1.54) is 0 Å². The molecule has 17 nitrogen and oxygen atoms in total. The van der Waals surface area contributed by atoms with Gasteiger partial charge in [-0.2, -0.15) is 0 Å². The lowest BCUT2D eigenvalue weighted by atomic mass is 9.85. The number of nitrogens with zero attached hydrogens (tertiary/aromatic N) is 2. The van der Waals surface area contributed by atoms with Gasteiger partial charge in [0, 0.05) is 28.7 Å². The minimum absolute atomic E-state index is 0.0459. The summed E-state index contributed by atoms with van der Waals surface area (Å²) >= 11 is 0. The van der Waals surface area contributed by atoms with Crippen molar-refractivity contribution in [3.05, 3.63) is 86.7 Å². The summed E-state index contributed by atoms with van der Waals surface area (Å²) in [6.45, 7) is 7.20. The standard InChI is InChI=1S/C42H49N7O10/c1-6-26-27-17-25(56-5)14-15-31(27)47-35-28(26)19-49-33(35)18-30-29(38(49)52)21-57-39(53)42(30,7-2)59-41(55)58-20-23-10-12-24(13-11-23)46-36(50)32(9-8-16-45-40(44)54)48-37(51)34(43)22(3)4/h10-15,17-18,22,32,34H,6-9,16,19-21,43H2,1-5H3,(H,46,50)(H,48,51)(H3,44,45,54)/t32-,34-,42-/m0/s1. The lowest BCUT2D eigenvalue weighted by Gasteiger charge is -2.35. The fourth-order valence-electron chi connectivity index (χ4n) is 7.41. The first-order valence-corrected chi connectivity index (χ1v) is 19.5. The van der Waals surface area contributed by atoms with Gasteiger partial charge in [0.1, 0.15) is 25.0 Å². The van der Waals surface area contributed by atoms with Crippen molar-refractivity contribution >= 4 is 46.6 Å². The number of esters is 1. The van der Waals surface area contributed by atoms with E-state index in [1.54, 1.807) is 62.8 Å². The quantitative estimate of drug-likeness (QED) is 0.0748. The minimum Gasteiger partial charge on any atom is -0.497 e. The Morgan fingerprint density at radius 1 is 1.02 bits per heavy atom. The highest BCUT2D eigenvalue weighted by Crippen LogP contribution is 2.42. The fourth-order valence-corrected chi connectivity index (χ4v) is 7.41. The molecule has 59 heavy (non-hydrogen) atoms. The molecule has 2 aromatic heterocycles. The van der Waals surface area contributed by atoms with Crippen LogP contribution in [0.2, 0.25) is 0 Å². The number of amides is 4. The van der Waals surface area contributed by atoms with Gasteiger partial charge in [-0.3, -0.25) is 14.4 Å². The lowest BCUT2D eigenvalue weighted by molar-refractivity contribution is -0.175. The normalized spacial score (nSPS) is 16.2. The molecular formula is C42H49N7O10. The molecule has 0 radical (unpaired) electrons. The lowest BCUT2D eigenvalue weighted by Crippen LogP contribution is -2.51. The average molecular weight is 812 g/mol. The number of hydrogen-bond acceptors (Lipinski definition) is 12. The third kappa shape index (κ3) is 8.55. The van der Waals surface area contributed by atoms with Crippen molar-refractivity contribution < 1.29 is 42.9 Å². The molecule has 2 aromatic carbocycles. The van der Waals surface area contributed by atoms with Gasteiger partial charge in [-0.1, -0.05) is 39.8 Å². The zero-order chi connectivity index (χ0) is 42.6. The molecular weight excluding hydrogens is 763 g/mol. The summed E-state index contributed by atoms with van der Waals surface area (Å²) in [5.41, 5.74) is 13.9. The number of benzene rings is 2. The van der Waals surface area contributed by atoms with Crippen molar-refractivity contribution in [3.63, 3.8) is 0 Å². The van der Waals surface area contributed by atoms with E-state index >= 15 is 0 Å². The number of primary amides is 1. The molecule has 0 saturated heterocycles. The topological polar surface area (TPSA) is 245 Å². The Balaban J connectivity index is 1.16. The number of rotatable bonds is 15. The highest BCUT2D eigenvalue weighted by molar-refractivity contribution is 5.98. The van der Waals surface area contributed by atoms with Crippen LogP contribution in [0.4, 0.5) is 15.3 Å². The summed E-state index contributed by atoms with van der Waals surface area (Å²) < 4.78 is 23.8. The molecule has 0 fully saturated rings. The Morgan fingerprint density at radius 3 is 2.42 bits per heavy atom. The van der Waals surface area contributed by atoms with E-state index in [-0.39, 0.29) is 61.7 Å². The largest absolute Gasteiger partial charge is 0.510 e. The van der Waals surface area contributed by atoms with Gasteiger partial charge in [-0.05, 0) is 79.1 Å². The average Bonchev–Trinajstić information content (AvgIpc) is 3.59. The number of methoxy groups -OCH3 is 1. The molecule has 17 heteroatoms. The second-order valence-corrected chi connectivity index (χ2v) is 14.8. The minimum atomic E-state index is -1.96. The maximum absolute atomic E-state index is 14.1. The molecule has 3 atom stereocenters. The van der Waals surface area contributed by atoms with Crippen LogP contribution in [-0.4, -0.2) is 65.3 Å². The van der Waals surface area contributed by atoms with Gasteiger partial charge in [0.15, 0.2) is 0 Å². The molecule has 0 unspecified atom stereocenters. The van der Waals surface area contributed by atoms with E-state index in [2.05, 4.69) is 16.0 Å². The summed E-state index contributed by atoms with van der Waals surface area (Å²) in [7, 11) is 1.60. The number of anilines is 1. The summed E-state index contributed by atoms with van der Waals surface area (Å²) in [4.78, 5) is 82.9. The number of pyridine rings is 2. The van der Waals surface area contributed by atoms with Gasteiger partial charge in [0.05, 0.1) is 42.2 Å². The SMILES string of the molecule is CCc1c2c(nc3ccc(OC)cc13)-c1cc3c(c(=O)n1C2)COC(=O)[C@@]3(CC)OC(=O)OCc1ccc(NC(=O)[C@H](CCCNC(N)=O)NC(=O)[C@@H](N)C(C)C)cc1. The molecule has 4 heterocycles. The highest BCUT2D eigenvalue weighted by atomic mass is 16.7. The first-order chi connectivity index (χ1) is 28.2. The Bertz CT molecular complexity index is 2360. The number of urea groups is 1. The monoisotopic (exact) mass is 811 g/mol. The Kier molecular flexibility index (Phi) is 12.5. The molecule has 0 saturated carbocycles. The van der Waals surface area contributed by atoms with E-state index in [1.807, 2.05) is 25.1 Å². The molecule has 312 valence electrons. The van der Waals surface area contributed by atoms with Crippen LogP contribution in [-0.2, 0) is 60.4 Å². The molecule has 2 aliphatic rings. The Morgan fingerprint density at radius 2 is 1.76 bits per heavy atom. The van der Waals surface area contributed by atoms with Gasteiger partial charge in [-0.15, -0.1) is 0 Å². The molecule has 7 N–H and O–H groups in total. The number of aromatic nitrogens is 2. The summed E-state index contributed by atoms with van der Waals surface area (Å²) in [5, 5.41) is 8.82. The van der Waals surface area contributed by atoms with E-state index < -0.39 is 47.7 Å². The second kappa shape index (κ2) is 17.6. The van der Waals surface area contributed by atoms with E-state index in [4.69, 9.17) is 35.4 Å². The third-order valence-electron chi connectivity index (χ3n) is 10.8. The molecule has 0 spiro atoms. The maximum atomic E-state index is 14.1. The van der Waals surface area contributed by atoms with Gasteiger partial charge in [0.25, 0.3) is 5.56 Å². The Labute approximate surface area is 340 Å². The van der Waals surface area contributed by atoms with E-state index in [0.717, 1.165) is 22.0 Å². The predicted molar refractivity (Wildman–Crippen MR) is 216 cm³/mol. The summed E-state index contributed by atoms with van der Waals surface area (Å²) in [5.74, 6) is -1.29. The number of nitrogens with two attached hydrogens (primary N) is 2. The maximum Gasteiger partial charge on any atom is 0.510 e. The van der Waals surface area contributed by atoms with Crippen molar-refractivity contribution in [2.24, 2.45) is 17.4 Å². The molecule has 6 rings (SSSR count). The highest BCUT2D eigenvalue weighted by Gasteiger charge is 2.51. The molecule has 4 aromatic rings. The fraction of sp³-hybridized carbons (Fsp3) is 0.405. The number of hydrogen-bond donors (Lipinski definition) is 5. The zero-order valence-corrected chi connectivity index (χ0v) is 33.6. The molecule has 2 aliphatic heterocycles. The third-order valence-corrected chi connectivity index (χ3v) is 10.8. The van der Waals surface area contributed by atoms with Crippen LogP contribution < -0.4 is 37.7 Å². The number of fused-ring (bicyclic) bond motifs is 5. The van der Waals surface area contributed by atoms with Crippen molar-refractivity contribution in [1.29, 1.82) is 0 Å². The number of carbonyl (C=O) groups is 5. The molecule has 0 aliphatic carbocycles. The number of cyclic esters (lactones) is 1. The van der Waals surface area contributed by atoms with Crippen molar-refractivity contribution in [1.82, 2.24) is 20.2 Å². The van der Waals surface area contributed by atoms with Gasteiger partial charge >= 0.3 is 18.2 Å². The second-order valence-electron chi connectivity index (χ2n) is 14.8. The summed E-state index contributed by atoms with van der Waals surface area (Å²) in [6, 6.07) is 11.2. The predicted octanol–water partition coefficient (Wildman–Crippen LogP) is 3.87. The van der Waals surface area contributed by atoms with Crippen LogP contribution >= 0.6 is 0 Å². The Hall–Kier alpha value is -6.49. The van der Waals surface area contributed by atoms with Crippen LogP contribution in [0.15, 0.2) is 53.3 Å². The first-order valence-electron chi connectivity index (χ1n) is 19.5. The molecule has 4 amide bonds. The van der Waals surface area contributed by atoms with Crippen LogP contribution in [0.25, 0.3) is 22.3 Å². The van der Waals surface area contributed by atoms with Crippen LogP contribution in [0.1, 0.15) is 74.8 Å². The van der Waals surface area contributed by atoms with Gasteiger partial charge < -0.3 is 50.9 Å². The van der Waals surface area contributed by atoms with Crippen LogP contribution in [0.3, 0.4) is 0 Å². The number of aryl methyl sites for hydroxylation is 1. The van der Waals surface area contributed by atoms with Gasteiger partial charge in [-0.25, -0.2) is 19.4 Å². The number of carbonyl (C=O) groups excluding carboxylic acids is 5. The smallest absolute Gasteiger partial charge is 0.497 e. The first kappa shape index (κ1) is 42.1. The van der Waals surface area contributed by atoms with E-state index in [9.17, 15) is 28.8 Å². The van der Waals surface area contributed by atoms with Crippen LogP contribution in [0.5, 0.6) is 5.75 Å². The number of ether oxygens (including phenoxy) is 4. The number of nitrogens with one attached hydrogen (secondary N) is 3. The summed E-state index contributed by atoms with van der Waals surface area (Å²) in [6.07, 6.45) is 0.0193. The van der Waals surface area contributed by atoms with Crippen molar-refractivity contribution in [3.8, 4) is 17.1 Å². The molecule has 0 bridgehead atoms. The van der Waals surface area contributed by atoms with E-state index in [0.29, 0.717) is 41.2 Å². The van der Waals surface area contributed by atoms with Gasteiger partial charge in [0.2, 0.25) is 17.4 Å². The van der Waals surface area contributed by atoms with Crippen molar-refractivity contribution in [2.75, 3.05) is 19.0 Å². The van der Waals surface area contributed by atoms with Crippen molar-refractivity contribution in [2.45, 2.75) is 90.8 Å².